The van der Waals surface area contributed by atoms with Crippen molar-refractivity contribution in [3.05, 3.63) is 46.5 Å². The number of benzene rings is 1. The fraction of sp³-hybridized carbons (Fsp3) is 0.565. The molecule has 6 heteroatoms. The zero-order valence-electron chi connectivity index (χ0n) is 16.8. The molecular formula is C23H29BrN2O3. The fourth-order valence-corrected chi connectivity index (χ4v) is 5.53. The van der Waals surface area contributed by atoms with Gasteiger partial charge in [-0.3, -0.25) is 9.59 Å². The van der Waals surface area contributed by atoms with Gasteiger partial charge in [-0.2, -0.15) is 0 Å². The summed E-state index contributed by atoms with van der Waals surface area (Å²) in [5, 5.41) is 6.15. The van der Waals surface area contributed by atoms with Gasteiger partial charge in [0.1, 0.15) is 0 Å². The maximum absolute atomic E-state index is 13.2. The molecule has 0 unspecified atom stereocenters. The van der Waals surface area contributed by atoms with Crippen LogP contribution in [0.3, 0.4) is 0 Å². The summed E-state index contributed by atoms with van der Waals surface area (Å²) in [6, 6.07) is 7.94. The second kappa shape index (κ2) is 8.60. The summed E-state index contributed by atoms with van der Waals surface area (Å²) in [6.07, 6.45) is 7.43. The van der Waals surface area contributed by atoms with E-state index in [1.165, 1.54) is 0 Å². The van der Waals surface area contributed by atoms with Crippen molar-refractivity contribution in [2.75, 3.05) is 19.8 Å². The number of ether oxygens (including phenoxy) is 1. The molecule has 2 amide bonds. The van der Waals surface area contributed by atoms with Crippen LogP contribution >= 0.6 is 15.9 Å². The zero-order valence-corrected chi connectivity index (χ0v) is 18.4. The maximum atomic E-state index is 13.2. The van der Waals surface area contributed by atoms with E-state index in [4.69, 9.17) is 4.74 Å². The van der Waals surface area contributed by atoms with Gasteiger partial charge in [0.25, 0.3) is 0 Å². The lowest BCUT2D eigenvalue weighted by atomic mass is 9.81. The molecule has 0 radical (unpaired) electrons. The molecule has 3 aliphatic rings. The van der Waals surface area contributed by atoms with Crippen LogP contribution in [0.1, 0.15) is 31.7 Å². The van der Waals surface area contributed by atoms with E-state index in [9.17, 15) is 9.59 Å². The Balaban J connectivity index is 1.41. The zero-order chi connectivity index (χ0) is 20.4. The number of hydrogen-bond acceptors (Lipinski definition) is 3. The Kier molecular flexibility index (Phi) is 6.11. The van der Waals surface area contributed by atoms with Gasteiger partial charge >= 0.3 is 0 Å². The van der Waals surface area contributed by atoms with Crippen LogP contribution in [0.2, 0.25) is 0 Å². The Morgan fingerprint density at radius 1 is 1.07 bits per heavy atom. The first kappa shape index (κ1) is 20.6. The molecule has 5 nitrogen and oxygen atoms in total. The summed E-state index contributed by atoms with van der Waals surface area (Å²) in [4.78, 5) is 26.2. The number of allylic oxidation sites excluding steroid dienone is 2. The summed E-state index contributed by atoms with van der Waals surface area (Å²) < 4.78 is 6.36. The van der Waals surface area contributed by atoms with Crippen molar-refractivity contribution in [2.24, 2.45) is 29.1 Å². The SMILES string of the molecule is CCOCCCNC(=O)[C@H]1[C@H](C(=O)NCc2ccc(Br)cc2)[C@@H]2C=C[C@H]1C21CC1. The average Bonchev–Trinajstić information content (AvgIpc) is 3.39. The highest BCUT2D eigenvalue weighted by Crippen LogP contribution is 2.72. The normalized spacial score (nSPS) is 27.9. The Hall–Kier alpha value is -1.66. The molecule has 3 aliphatic carbocycles. The maximum Gasteiger partial charge on any atom is 0.224 e. The van der Waals surface area contributed by atoms with E-state index in [2.05, 4.69) is 38.7 Å². The van der Waals surface area contributed by atoms with Crippen molar-refractivity contribution in [3.8, 4) is 0 Å². The molecule has 2 bridgehead atoms. The fourth-order valence-electron chi connectivity index (χ4n) is 5.27. The summed E-state index contributed by atoms with van der Waals surface area (Å²) in [5.41, 5.74) is 1.21. The summed E-state index contributed by atoms with van der Waals surface area (Å²) in [5.74, 6) is -0.113. The number of carbonyl (C=O) groups excluding carboxylic acids is 2. The standard InChI is InChI=1S/C23H29BrN2O3/c1-2-29-13-3-12-25-21(27)19-17-8-9-18(23(17)10-11-23)20(19)22(28)26-14-15-4-6-16(24)7-5-15/h4-9,17-20H,2-3,10-14H2,1H3,(H,25,27)(H,26,28)/t17-,18+,19-,20-/m1/s1. The summed E-state index contributed by atoms with van der Waals surface area (Å²) in [6.45, 7) is 4.38. The molecule has 1 aromatic rings. The Morgan fingerprint density at radius 2 is 1.69 bits per heavy atom. The van der Waals surface area contributed by atoms with Crippen LogP contribution in [0, 0.1) is 29.1 Å². The Morgan fingerprint density at radius 3 is 2.28 bits per heavy atom. The van der Waals surface area contributed by atoms with E-state index in [-0.39, 0.29) is 40.9 Å². The molecule has 4 atom stereocenters. The minimum Gasteiger partial charge on any atom is -0.382 e. The third-order valence-corrected chi connectivity index (χ3v) is 7.32. The molecule has 0 aliphatic heterocycles. The number of hydrogen-bond donors (Lipinski definition) is 2. The van der Waals surface area contributed by atoms with Crippen LogP contribution in [0.25, 0.3) is 0 Å². The molecule has 156 valence electrons. The van der Waals surface area contributed by atoms with Crippen LogP contribution in [0.4, 0.5) is 0 Å². The van der Waals surface area contributed by atoms with Crippen molar-refractivity contribution in [2.45, 2.75) is 32.7 Å². The van der Waals surface area contributed by atoms with Gasteiger partial charge in [0, 0.05) is 30.8 Å². The first-order chi connectivity index (χ1) is 14.1. The number of rotatable bonds is 9. The molecule has 4 rings (SSSR count). The second-order valence-electron chi connectivity index (χ2n) is 8.41. The first-order valence-electron chi connectivity index (χ1n) is 10.6. The van der Waals surface area contributed by atoms with Gasteiger partial charge in [-0.1, -0.05) is 40.2 Å². The molecule has 1 aromatic carbocycles. The molecule has 1 spiro atoms. The van der Waals surface area contributed by atoms with E-state index in [1.807, 2.05) is 31.2 Å². The van der Waals surface area contributed by atoms with Gasteiger partial charge in [-0.15, -0.1) is 0 Å². The van der Waals surface area contributed by atoms with Crippen molar-refractivity contribution in [1.29, 1.82) is 0 Å². The predicted molar refractivity (Wildman–Crippen MR) is 115 cm³/mol. The highest BCUT2D eigenvalue weighted by Gasteiger charge is 2.69. The van der Waals surface area contributed by atoms with Gasteiger partial charge in [-0.25, -0.2) is 0 Å². The van der Waals surface area contributed by atoms with E-state index < -0.39 is 0 Å². The molecular weight excluding hydrogens is 432 g/mol. The molecule has 0 saturated heterocycles. The topological polar surface area (TPSA) is 67.4 Å². The van der Waals surface area contributed by atoms with Crippen LogP contribution in [-0.4, -0.2) is 31.6 Å². The number of nitrogens with one attached hydrogen (secondary N) is 2. The lowest BCUT2D eigenvalue weighted by molar-refractivity contribution is -0.135. The lowest BCUT2D eigenvalue weighted by Gasteiger charge is -2.26. The number of halogens is 1. The van der Waals surface area contributed by atoms with Crippen molar-refractivity contribution < 1.29 is 14.3 Å². The number of amides is 2. The van der Waals surface area contributed by atoms with E-state index in [1.54, 1.807) is 0 Å². The van der Waals surface area contributed by atoms with E-state index in [0.717, 1.165) is 29.3 Å². The van der Waals surface area contributed by atoms with Gasteiger partial charge in [0.2, 0.25) is 11.8 Å². The number of carbonyl (C=O) groups is 2. The molecule has 29 heavy (non-hydrogen) atoms. The van der Waals surface area contributed by atoms with E-state index >= 15 is 0 Å². The minimum absolute atomic E-state index is 0.00510. The largest absolute Gasteiger partial charge is 0.382 e. The van der Waals surface area contributed by atoms with Crippen LogP contribution in [0.15, 0.2) is 40.9 Å². The molecule has 0 heterocycles. The van der Waals surface area contributed by atoms with Crippen molar-refractivity contribution in [3.63, 3.8) is 0 Å². The third-order valence-electron chi connectivity index (χ3n) is 6.80. The Labute approximate surface area is 180 Å². The van der Waals surface area contributed by atoms with Crippen molar-refractivity contribution in [1.82, 2.24) is 10.6 Å². The summed E-state index contributed by atoms with van der Waals surface area (Å²) in [7, 11) is 0. The molecule has 2 fully saturated rings. The predicted octanol–water partition coefficient (Wildman–Crippen LogP) is 3.44. The molecule has 0 aromatic heterocycles. The Bertz CT molecular complexity index is 788. The van der Waals surface area contributed by atoms with Gasteiger partial charge < -0.3 is 15.4 Å². The quantitative estimate of drug-likeness (QED) is 0.438. The first-order valence-corrected chi connectivity index (χ1v) is 11.4. The van der Waals surface area contributed by atoms with Crippen LogP contribution < -0.4 is 10.6 Å². The van der Waals surface area contributed by atoms with Crippen LogP contribution in [0.5, 0.6) is 0 Å². The molecule has 2 saturated carbocycles. The molecule has 2 N–H and O–H groups in total. The second-order valence-corrected chi connectivity index (χ2v) is 9.32. The van der Waals surface area contributed by atoms with Gasteiger partial charge in [0.05, 0.1) is 11.8 Å². The van der Waals surface area contributed by atoms with E-state index in [0.29, 0.717) is 26.3 Å². The summed E-state index contributed by atoms with van der Waals surface area (Å²) >= 11 is 3.43. The smallest absolute Gasteiger partial charge is 0.224 e. The highest BCUT2D eigenvalue weighted by atomic mass is 79.9. The minimum atomic E-state index is -0.269. The lowest BCUT2D eigenvalue weighted by Crippen LogP contribution is -2.44. The van der Waals surface area contributed by atoms with Gasteiger partial charge in [-0.05, 0) is 61.1 Å². The van der Waals surface area contributed by atoms with Gasteiger partial charge in [0.15, 0.2) is 0 Å². The van der Waals surface area contributed by atoms with Crippen molar-refractivity contribution >= 4 is 27.7 Å². The highest BCUT2D eigenvalue weighted by molar-refractivity contribution is 9.10. The third kappa shape index (κ3) is 4.02. The average molecular weight is 461 g/mol. The monoisotopic (exact) mass is 460 g/mol. The van der Waals surface area contributed by atoms with Crippen LogP contribution in [-0.2, 0) is 20.9 Å².